The quantitative estimate of drug-likeness (QED) is 0.489. The van der Waals surface area contributed by atoms with E-state index in [0.717, 1.165) is 12.1 Å². The van der Waals surface area contributed by atoms with Crippen molar-refractivity contribution in [1.29, 1.82) is 0 Å². The zero-order valence-electron chi connectivity index (χ0n) is 12.4. The number of hydrogen-bond donors (Lipinski definition) is 1. The first-order valence-corrected chi connectivity index (χ1v) is 7.19. The van der Waals surface area contributed by atoms with Gasteiger partial charge in [-0.25, -0.2) is 4.98 Å². The number of hydrogen-bond acceptors (Lipinski definition) is 4. The first kappa shape index (κ1) is 15.7. The lowest BCUT2D eigenvalue weighted by Gasteiger charge is -2.19. The minimum atomic E-state index is -4.60. The molecule has 7 heteroatoms. The van der Waals surface area contributed by atoms with E-state index in [1.165, 1.54) is 6.92 Å². The summed E-state index contributed by atoms with van der Waals surface area (Å²) < 4.78 is 37.9. The van der Waals surface area contributed by atoms with Crippen LogP contribution in [-0.4, -0.2) is 21.7 Å². The maximum absolute atomic E-state index is 12.6. The Bertz CT molecular complexity index is 751. The molecule has 0 radical (unpaired) electrons. The lowest BCUT2D eigenvalue weighted by atomic mass is 9.83. The number of carbonyl (C=O) groups excluding carboxylic acids is 2. The van der Waals surface area contributed by atoms with Crippen LogP contribution in [0.5, 0.6) is 0 Å². The molecule has 2 aliphatic carbocycles. The van der Waals surface area contributed by atoms with Gasteiger partial charge in [0, 0.05) is 23.1 Å². The fourth-order valence-electron chi connectivity index (χ4n) is 3.13. The Morgan fingerprint density at radius 2 is 1.91 bits per heavy atom. The van der Waals surface area contributed by atoms with E-state index in [0.29, 0.717) is 6.42 Å². The second-order valence-corrected chi connectivity index (χ2v) is 6.07. The average Bonchev–Trinajstić information content (AvgIpc) is 3.24. The largest absolute Gasteiger partial charge is 0.506 e. The predicted molar refractivity (Wildman–Crippen MR) is 74.3 cm³/mol. The van der Waals surface area contributed by atoms with Crippen molar-refractivity contribution in [2.75, 3.05) is 0 Å². The van der Waals surface area contributed by atoms with Crippen LogP contribution < -0.4 is 0 Å². The van der Waals surface area contributed by atoms with E-state index in [9.17, 15) is 27.9 Å². The number of ketones is 2. The topological polar surface area (TPSA) is 67.3 Å². The molecule has 1 aromatic heterocycles. The minimum Gasteiger partial charge on any atom is -0.506 e. The van der Waals surface area contributed by atoms with Crippen LogP contribution in [0.1, 0.15) is 30.3 Å². The summed E-state index contributed by atoms with van der Waals surface area (Å²) in [5, 5.41) is 10.3. The van der Waals surface area contributed by atoms with Crippen LogP contribution in [0.15, 0.2) is 17.7 Å². The van der Waals surface area contributed by atoms with Crippen molar-refractivity contribution in [1.82, 2.24) is 4.98 Å². The monoisotopic (exact) mass is 325 g/mol. The number of aryl methyl sites for hydroxylation is 1. The molecule has 2 aliphatic rings. The van der Waals surface area contributed by atoms with Crippen LogP contribution in [-0.2, 0) is 15.8 Å². The van der Waals surface area contributed by atoms with Crippen LogP contribution in [0, 0.1) is 24.7 Å². The highest BCUT2D eigenvalue weighted by atomic mass is 19.4. The normalized spacial score (nSPS) is 29.3. The predicted octanol–water partition coefficient (Wildman–Crippen LogP) is 3.10. The van der Waals surface area contributed by atoms with Gasteiger partial charge in [-0.3, -0.25) is 9.59 Å². The number of rotatable bonds is 1. The minimum absolute atomic E-state index is 0.0263. The molecule has 0 amide bonds. The number of fused-ring (bicyclic) bond motifs is 1. The van der Waals surface area contributed by atoms with Gasteiger partial charge in [0.25, 0.3) is 0 Å². The third-order valence-electron chi connectivity index (χ3n) is 4.59. The van der Waals surface area contributed by atoms with Gasteiger partial charge >= 0.3 is 6.18 Å². The van der Waals surface area contributed by atoms with Gasteiger partial charge in [0.2, 0.25) is 0 Å². The molecule has 0 aromatic carbocycles. The summed E-state index contributed by atoms with van der Waals surface area (Å²) in [6.45, 7) is 2.99. The molecule has 3 rings (SSSR count). The van der Waals surface area contributed by atoms with Crippen LogP contribution in [0.25, 0.3) is 5.76 Å². The number of aromatic nitrogens is 1. The highest BCUT2D eigenvalue weighted by Crippen LogP contribution is 2.51. The third-order valence-corrected chi connectivity index (χ3v) is 4.59. The summed E-state index contributed by atoms with van der Waals surface area (Å²) in [6.07, 6.45) is -3.98. The van der Waals surface area contributed by atoms with Crippen LogP contribution in [0.2, 0.25) is 0 Å². The van der Waals surface area contributed by atoms with E-state index in [1.807, 2.05) is 0 Å². The first-order valence-electron chi connectivity index (χ1n) is 7.19. The maximum Gasteiger partial charge on any atom is 0.433 e. The molecule has 1 aromatic rings. The highest BCUT2D eigenvalue weighted by molar-refractivity contribution is 6.28. The van der Waals surface area contributed by atoms with Crippen molar-refractivity contribution in [2.24, 2.45) is 17.8 Å². The molecule has 2 fully saturated rings. The summed E-state index contributed by atoms with van der Waals surface area (Å²) >= 11 is 0. The van der Waals surface area contributed by atoms with Crippen molar-refractivity contribution >= 4 is 17.3 Å². The summed E-state index contributed by atoms with van der Waals surface area (Å²) in [5.41, 5.74) is -1.51. The molecule has 122 valence electrons. The van der Waals surface area contributed by atoms with Crippen molar-refractivity contribution in [2.45, 2.75) is 26.4 Å². The molecule has 3 atom stereocenters. The molecule has 2 saturated carbocycles. The van der Waals surface area contributed by atoms with Crippen LogP contribution in [0.3, 0.4) is 0 Å². The average molecular weight is 325 g/mol. The molecule has 23 heavy (non-hydrogen) atoms. The number of allylic oxidation sites excluding steroid dienone is 1. The van der Waals surface area contributed by atoms with Crippen molar-refractivity contribution < 1.29 is 27.9 Å². The molecule has 0 spiro atoms. The van der Waals surface area contributed by atoms with Crippen molar-refractivity contribution in [3.8, 4) is 0 Å². The number of halogens is 3. The van der Waals surface area contributed by atoms with Crippen molar-refractivity contribution in [3.05, 3.63) is 34.7 Å². The Hall–Kier alpha value is -2.18. The second-order valence-electron chi connectivity index (χ2n) is 6.07. The van der Waals surface area contributed by atoms with Gasteiger partial charge < -0.3 is 5.11 Å². The number of Topliss-reactive ketones (excluding diaryl/α,β-unsaturated/α-hetero) is 2. The van der Waals surface area contributed by atoms with Gasteiger partial charge in [-0.15, -0.1) is 0 Å². The van der Waals surface area contributed by atoms with Gasteiger partial charge in [0.1, 0.15) is 17.0 Å². The molecule has 1 heterocycles. The SMILES string of the molecule is Cc1nc(C(F)(F)F)ccc1C(O)=C1C(=O)C(C)C2CC2C1=O. The Morgan fingerprint density at radius 1 is 1.26 bits per heavy atom. The van der Waals surface area contributed by atoms with E-state index >= 15 is 0 Å². The number of nitrogens with zero attached hydrogens (tertiary/aromatic N) is 1. The van der Waals surface area contributed by atoms with Gasteiger partial charge in [-0.1, -0.05) is 6.92 Å². The van der Waals surface area contributed by atoms with Gasteiger partial charge in [0.05, 0.1) is 0 Å². The second kappa shape index (κ2) is 4.91. The molecule has 1 N–H and O–H groups in total. The lowest BCUT2D eigenvalue weighted by molar-refractivity contribution is -0.141. The lowest BCUT2D eigenvalue weighted by Crippen LogP contribution is -2.30. The third kappa shape index (κ3) is 2.44. The van der Waals surface area contributed by atoms with E-state index in [4.69, 9.17) is 0 Å². The number of alkyl halides is 3. The Balaban J connectivity index is 2.07. The van der Waals surface area contributed by atoms with E-state index in [-0.39, 0.29) is 34.6 Å². The van der Waals surface area contributed by atoms with Crippen LogP contribution in [0.4, 0.5) is 13.2 Å². The van der Waals surface area contributed by atoms with E-state index in [2.05, 4.69) is 4.98 Å². The molecule has 0 bridgehead atoms. The molecule has 4 nitrogen and oxygen atoms in total. The summed E-state index contributed by atoms with van der Waals surface area (Å²) in [7, 11) is 0. The fraction of sp³-hybridized carbons (Fsp3) is 0.438. The smallest absolute Gasteiger partial charge is 0.433 e. The number of carbonyl (C=O) groups is 2. The summed E-state index contributed by atoms with van der Waals surface area (Å²) in [6, 6.07) is 1.76. The Morgan fingerprint density at radius 3 is 2.48 bits per heavy atom. The zero-order chi connectivity index (χ0) is 17.1. The summed E-state index contributed by atoms with van der Waals surface area (Å²) in [4.78, 5) is 27.9. The molecule has 0 saturated heterocycles. The van der Waals surface area contributed by atoms with E-state index in [1.54, 1.807) is 6.92 Å². The number of aliphatic hydroxyl groups is 1. The standard InChI is InChI=1S/C16H14F3NO3/c1-6-9-5-10(9)15(23)12(13(6)21)14(22)8-3-4-11(16(17,18)19)20-7(8)2/h3-4,6,9-10,22H,5H2,1-2H3. The Labute approximate surface area is 130 Å². The molecular weight excluding hydrogens is 311 g/mol. The Kier molecular flexibility index (Phi) is 3.35. The highest BCUT2D eigenvalue weighted by Gasteiger charge is 2.55. The van der Waals surface area contributed by atoms with E-state index < -0.39 is 29.2 Å². The molecule has 3 unspecified atom stereocenters. The van der Waals surface area contributed by atoms with Crippen molar-refractivity contribution in [3.63, 3.8) is 0 Å². The van der Waals surface area contributed by atoms with Gasteiger partial charge in [0.15, 0.2) is 11.6 Å². The van der Waals surface area contributed by atoms with Gasteiger partial charge in [-0.2, -0.15) is 13.2 Å². The number of aliphatic hydroxyl groups excluding tert-OH is 1. The molecular formula is C16H14F3NO3. The zero-order valence-corrected chi connectivity index (χ0v) is 12.4. The van der Waals surface area contributed by atoms with Gasteiger partial charge in [-0.05, 0) is 31.4 Å². The number of pyridine rings is 1. The molecule has 0 aliphatic heterocycles. The first-order chi connectivity index (χ1) is 10.6. The van der Waals surface area contributed by atoms with Crippen LogP contribution >= 0.6 is 0 Å². The fourth-order valence-corrected chi connectivity index (χ4v) is 3.13. The summed E-state index contributed by atoms with van der Waals surface area (Å²) in [5.74, 6) is -2.05. The maximum atomic E-state index is 12.6.